The van der Waals surface area contributed by atoms with Crippen molar-refractivity contribution in [2.24, 2.45) is 0 Å². The molecule has 1 aliphatic heterocycles. The topological polar surface area (TPSA) is 90.0 Å². The van der Waals surface area contributed by atoms with Crippen molar-refractivity contribution in [3.05, 3.63) is 65.4 Å². The number of nitrogens with one attached hydrogen (secondary N) is 1. The Bertz CT molecular complexity index is 1200. The van der Waals surface area contributed by atoms with Crippen molar-refractivity contribution in [3.8, 4) is 5.82 Å². The maximum atomic E-state index is 13.7. The van der Waals surface area contributed by atoms with Gasteiger partial charge in [-0.3, -0.25) is 4.79 Å². The van der Waals surface area contributed by atoms with E-state index in [0.29, 0.717) is 17.3 Å². The molecule has 0 saturated carbocycles. The zero-order valence-electron chi connectivity index (χ0n) is 14.3. The van der Waals surface area contributed by atoms with Crippen LogP contribution in [0.15, 0.2) is 42.7 Å². The molecule has 1 aliphatic rings. The van der Waals surface area contributed by atoms with Crippen LogP contribution in [0.5, 0.6) is 0 Å². The molecule has 0 saturated heterocycles. The van der Waals surface area contributed by atoms with E-state index < -0.39 is 0 Å². The molecule has 0 radical (unpaired) electrons. The van der Waals surface area contributed by atoms with Crippen LogP contribution in [0.2, 0.25) is 0 Å². The Morgan fingerprint density at radius 2 is 2.11 bits per heavy atom. The molecular weight excluding hydrogens is 349 g/mol. The van der Waals surface area contributed by atoms with E-state index in [4.69, 9.17) is 0 Å². The average Bonchev–Trinajstić information content (AvgIpc) is 3.25. The number of amides is 1. The summed E-state index contributed by atoms with van der Waals surface area (Å²) in [6.45, 7) is 1.87. The van der Waals surface area contributed by atoms with Gasteiger partial charge in [-0.15, -0.1) is 15.3 Å². The van der Waals surface area contributed by atoms with E-state index in [1.807, 2.05) is 13.0 Å². The van der Waals surface area contributed by atoms with Crippen LogP contribution in [-0.2, 0) is 4.79 Å². The predicted octanol–water partition coefficient (Wildman–Crippen LogP) is 2.23. The van der Waals surface area contributed by atoms with Crippen molar-refractivity contribution in [3.63, 3.8) is 0 Å². The van der Waals surface area contributed by atoms with Gasteiger partial charge in [0.25, 0.3) is 0 Å². The molecule has 4 heterocycles. The minimum absolute atomic E-state index is 0.150. The molecule has 0 fully saturated rings. The number of aromatic nitrogens is 6. The first-order chi connectivity index (χ1) is 13.1. The lowest BCUT2D eigenvalue weighted by atomic mass is 9.86. The number of carbonyl (C=O) groups excluding carboxylic acids is 1. The van der Waals surface area contributed by atoms with Gasteiger partial charge in [-0.05, 0) is 36.8 Å². The highest BCUT2D eigenvalue weighted by Crippen LogP contribution is 2.40. The standard InChI is InChI=1S/C18H14FN7O/c1-10-17-13(11-3-2-4-12(19)7-11)8-16(27)21-18(17)26(23-10)15-6-5-14-22-20-9-25(14)24-15/h2-7,9,13H,8H2,1H3,(H,21,27)/t13-/m1/s1. The Labute approximate surface area is 152 Å². The van der Waals surface area contributed by atoms with Gasteiger partial charge in [-0.1, -0.05) is 12.1 Å². The highest BCUT2D eigenvalue weighted by Gasteiger charge is 2.33. The van der Waals surface area contributed by atoms with Gasteiger partial charge in [0.15, 0.2) is 11.5 Å². The maximum absolute atomic E-state index is 13.7. The number of anilines is 1. The molecule has 0 aliphatic carbocycles. The van der Waals surface area contributed by atoms with Crippen molar-refractivity contribution < 1.29 is 9.18 Å². The van der Waals surface area contributed by atoms with E-state index in [9.17, 15) is 9.18 Å². The lowest BCUT2D eigenvalue weighted by Crippen LogP contribution is -2.25. The van der Waals surface area contributed by atoms with Gasteiger partial charge < -0.3 is 5.32 Å². The molecule has 27 heavy (non-hydrogen) atoms. The molecular formula is C18H14FN7O. The number of halogens is 1. The lowest BCUT2D eigenvalue weighted by molar-refractivity contribution is -0.116. The van der Waals surface area contributed by atoms with Crippen LogP contribution in [-0.4, -0.2) is 35.5 Å². The Morgan fingerprint density at radius 1 is 1.22 bits per heavy atom. The molecule has 8 nitrogen and oxygen atoms in total. The van der Waals surface area contributed by atoms with E-state index in [1.165, 1.54) is 23.0 Å². The number of carbonyl (C=O) groups is 1. The van der Waals surface area contributed by atoms with Crippen LogP contribution in [0.25, 0.3) is 11.5 Å². The van der Waals surface area contributed by atoms with Crippen LogP contribution >= 0.6 is 0 Å². The maximum Gasteiger partial charge on any atom is 0.226 e. The number of nitrogens with zero attached hydrogens (tertiary/aromatic N) is 6. The van der Waals surface area contributed by atoms with Gasteiger partial charge in [0.2, 0.25) is 5.91 Å². The molecule has 5 rings (SSSR count). The van der Waals surface area contributed by atoms with Crippen LogP contribution in [0.4, 0.5) is 10.2 Å². The summed E-state index contributed by atoms with van der Waals surface area (Å²) in [7, 11) is 0. The zero-order valence-corrected chi connectivity index (χ0v) is 14.3. The van der Waals surface area contributed by atoms with Crippen molar-refractivity contribution in [1.82, 2.24) is 29.6 Å². The molecule has 134 valence electrons. The fraction of sp³-hybridized carbons (Fsp3) is 0.167. The third-order valence-electron chi connectivity index (χ3n) is 4.72. The minimum atomic E-state index is -0.329. The first-order valence-corrected chi connectivity index (χ1v) is 8.42. The van der Waals surface area contributed by atoms with Gasteiger partial charge in [-0.2, -0.15) is 14.3 Å². The van der Waals surface area contributed by atoms with E-state index in [-0.39, 0.29) is 24.1 Å². The Morgan fingerprint density at radius 3 is 2.96 bits per heavy atom. The van der Waals surface area contributed by atoms with Crippen molar-refractivity contribution in [2.75, 3.05) is 5.32 Å². The van der Waals surface area contributed by atoms with Crippen molar-refractivity contribution in [2.45, 2.75) is 19.3 Å². The first-order valence-electron chi connectivity index (χ1n) is 8.42. The smallest absolute Gasteiger partial charge is 0.226 e. The number of fused-ring (bicyclic) bond motifs is 2. The number of rotatable bonds is 2. The molecule has 1 aromatic carbocycles. The van der Waals surface area contributed by atoms with Crippen LogP contribution in [0.1, 0.15) is 29.2 Å². The molecule has 3 aromatic heterocycles. The Balaban J connectivity index is 1.68. The van der Waals surface area contributed by atoms with E-state index in [1.54, 1.807) is 22.9 Å². The van der Waals surface area contributed by atoms with Gasteiger partial charge in [0.05, 0.1) is 5.69 Å². The lowest BCUT2D eigenvalue weighted by Gasteiger charge is -2.24. The quantitative estimate of drug-likeness (QED) is 0.590. The van der Waals surface area contributed by atoms with Crippen LogP contribution in [0, 0.1) is 12.7 Å². The number of aryl methyl sites for hydroxylation is 1. The van der Waals surface area contributed by atoms with Crippen molar-refractivity contribution in [1.29, 1.82) is 0 Å². The molecule has 0 spiro atoms. The summed E-state index contributed by atoms with van der Waals surface area (Å²) < 4.78 is 16.9. The molecule has 1 atom stereocenters. The van der Waals surface area contributed by atoms with E-state index in [0.717, 1.165) is 16.8 Å². The van der Waals surface area contributed by atoms with Gasteiger partial charge >= 0.3 is 0 Å². The Kier molecular flexibility index (Phi) is 3.30. The molecule has 9 heteroatoms. The van der Waals surface area contributed by atoms with Crippen LogP contribution < -0.4 is 5.32 Å². The third kappa shape index (κ3) is 2.47. The SMILES string of the molecule is Cc1nn(-c2ccc3nncn3n2)c2c1[C@@H](c1cccc(F)c1)CC(=O)N2. The molecule has 0 bridgehead atoms. The summed E-state index contributed by atoms with van der Waals surface area (Å²) >= 11 is 0. The summed E-state index contributed by atoms with van der Waals surface area (Å²) in [4.78, 5) is 12.4. The second-order valence-electron chi connectivity index (χ2n) is 6.44. The normalized spacial score (nSPS) is 16.4. The molecule has 1 amide bonds. The van der Waals surface area contributed by atoms with Crippen molar-refractivity contribution >= 4 is 17.4 Å². The highest BCUT2D eigenvalue weighted by molar-refractivity contribution is 5.95. The third-order valence-corrected chi connectivity index (χ3v) is 4.72. The minimum Gasteiger partial charge on any atom is -0.310 e. The predicted molar refractivity (Wildman–Crippen MR) is 94.1 cm³/mol. The first kappa shape index (κ1) is 15.6. The van der Waals surface area contributed by atoms with Crippen LogP contribution in [0.3, 0.4) is 0 Å². The number of hydrogen-bond acceptors (Lipinski definition) is 5. The summed E-state index contributed by atoms with van der Waals surface area (Å²) in [6.07, 6.45) is 1.73. The van der Waals surface area contributed by atoms with E-state index in [2.05, 4.69) is 25.7 Å². The monoisotopic (exact) mass is 363 g/mol. The summed E-state index contributed by atoms with van der Waals surface area (Å²) in [5.74, 6) is 0.328. The number of benzene rings is 1. The number of hydrogen-bond donors (Lipinski definition) is 1. The molecule has 1 N–H and O–H groups in total. The second-order valence-corrected chi connectivity index (χ2v) is 6.44. The van der Waals surface area contributed by atoms with Gasteiger partial charge in [0.1, 0.15) is 18.0 Å². The molecule has 4 aromatic rings. The highest BCUT2D eigenvalue weighted by atomic mass is 19.1. The molecule has 0 unspecified atom stereocenters. The summed E-state index contributed by atoms with van der Waals surface area (Å²) in [6, 6.07) is 9.86. The fourth-order valence-electron chi connectivity index (χ4n) is 3.55. The largest absolute Gasteiger partial charge is 0.310 e. The van der Waals surface area contributed by atoms with E-state index >= 15 is 0 Å². The summed E-state index contributed by atoms with van der Waals surface area (Å²) in [5, 5.41) is 19.7. The zero-order chi connectivity index (χ0) is 18.5. The van der Waals surface area contributed by atoms with Gasteiger partial charge in [0, 0.05) is 17.9 Å². The fourth-order valence-corrected chi connectivity index (χ4v) is 3.55. The average molecular weight is 363 g/mol. The second kappa shape index (κ2) is 5.70. The van der Waals surface area contributed by atoms with Gasteiger partial charge in [-0.25, -0.2) is 4.39 Å². The Hall–Kier alpha value is -3.62. The summed E-state index contributed by atoms with van der Waals surface area (Å²) in [5.41, 5.74) is 2.98.